The predicted octanol–water partition coefficient (Wildman–Crippen LogP) is 4.23. The molecule has 7 nitrogen and oxygen atoms in total. The molecule has 1 atom stereocenters. The highest BCUT2D eigenvalue weighted by molar-refractivity contribution is 14.0. The summed E-state index contributed by atoms with van der Waals surface area (Å²) in [5.74, 6) is 1.91. The first kappa shape index (κ1) is 26.2. The zero-order chi connectivity index (χ0) is 22.2. The van der Waals surface area contributed by atoms with E-state index >= 15 is 0 Å². The largest absolute Gasteiger partial charge is 0.493 e. The predicted molar refractivity (Wildman–Crippen MR) is 137 cm³/mol. The lowest BCUT2D eigenvalue weighted by Crippen LogP contribution is -2.44. The molecular formula is C22H30ClFIN5O2. The molecule has 1 unspecified atom stereocenters. The monoisotopic (exact) mass is 577 g/mol. The van der Waals surface area contributed by atoms with Crippen LogP contribution in [0.1, 0.15) is 25.8 Å². The van der Waals surface area contributed by atoms with E-state index in [9.17, 15) is 4.39 Å². The van der Waals surface area contributed by atoms with Crippen molar-refractivity contribution in [3.63, 3.8) is 0 Å². The Morgan fingerprint density at radius 2 is 2.19 bits per heavy atom. The number of aromatic nitrogens is 1. The van der Waals surface area contributed by atoms with Crippen LogP contribution in [0.3, 0.4) is 0 Å². The third-order valence-corrected chi connectivity index (χ3v) is 5.19. The van der Waals surface area contributed by atoms with Crippen LogP contribution in [0.25, 0.3) is 0 Å². The lowest BCUT2D eigenvalue weighted by molar-refractivity contribution is 0.311. The average Bonchev–Trinajstić information content (AvgIpc) is 3.22. The number of pyridine rings is 1. The lowest BCUT2D eigenvalue weighted by Gasteiger charge is -2.20. The molecule has 0 bridgehead atoms. The number of ether oxygens (including phenoxy) is 2. The van der Waals surface area contributed by atoms with E-state index in [2.05, 4.69) is 20.6 Å². The molecular weight excluding hydrogens is 548 g/mol. The van der Waals surface area contributed by atoms with Gasteiger partial charge in [0.25, 0.3) is 0 Å². The minimum atomic E-state index is -0.301. The summed E-state index contributed by atoms with van der Waals surface area (Å²) in [6.07, 6.45) is 2.48. The smallest absolute Gasteiger partial charge is 0.191 e. The third kappa shape index (κ3) is 6.74. The Balaban J connectivity index is 0.00000363. The number of methoxy groups -OCH3 is 1. The van der Waals surface area contributed by atoms with Crippen molar-refractivity contribution in [3.05, 3.63) is 46.9 Å². The second-order valence-electron chi connectivity index (χ2n) is 7.12. The fourth-order valence-electron chi connectivity index (χ4n) is 3.51. The molecule has 0 amide bonds. The van der Waals surface area contributed by atoms with E-state index in [1.54, 1.807) is 19.4 Å². The Hall–Kier alpha value is -2.01. The molecule has 176 valence electrons. The number of aliphatic imine (C=N–C) groups is 1. The van der Waals surface area contributed by atoms with Crippen LogP contribution in [0.15, 0.2) is 35.5 Å². The Morgan fingerprint density at radius 3 is 2.88 bits per heavy atom. The van der Waals surface area contributed by atoms with Gasteiger partial charge in [-0.2, -0.15) is 0 Å². The summed E-state index contributed by atoms with van der Waals surface area (Å²) in [6.45, 7) is 6.95. The third-order valence-electron chi connectivity index (χ3n) is 4.91. The summed E-state index contributed by atoms with van der Waals surface area (Å²) in [6, 6.07) is 6.89. The average molecular weight is 578 g/mol. The zero-order valence-corrected chi connectivity index (χ0v) is 21.6. The summed E-state index contributed by atoms with van der Waals surface area (Å²) in [4.78, 5) is 10.8. The first-order valence-electron chi connectivity index (χ1n) is 10.4. The Labute approximate surface area is 210 Å². The van der Waals surface area contributed by atoms with Gasteiger partial charge in [-0.3, -0.25) is 0 Å². The minimum Gasteiger partial charge on any atom is -0.493 e. The Kier molecular flexibility index (Phi) is 10.6. The molecule has 1 aromatic heterocycles. The molecule has 3 rings (SSSR count). The topological polar surface area (TPSA) is 71.0 Å². The van der Waals surface area contributed by atoms with Crippen LogP contribution < -0.4 is 25.0 Å². The molecule has 1 fully saturated rings. The van der Waals surface area contributed by atoms with Crippen molar-refractivity contribution in [2.75, 3.05) is 38.3 Å². The summed E-state index contributed by atoms with van der Waals surface area (Å²) in [5, 5.41) is 7.20. The number of benzene rings is 1. The number of halogens is 3. The Morgan fingerprint density at radius 1 is 1.38 bits per heavy atom. The number of hydrogen-bond acceptors (Lipinski definition) is 5. The first-order chi connectivity index (χ1) is 15.0. The molecule has 1 aliphatic heterocycles. The fraction of sp³-hybridized carbons (Fsp3) is 0.455. The normalized spacial score (nSPS) is 15.8. The number of nitrogens with one attached hydrogen (secondary N) is 2. The van der Waals surface area contributed by atoms with Gasteiger partial charge in [-0.15, -0.1) is 24.0 Å². The van der Waals surface area contributed by atoms with E-state index in [1.165, 1.54) is 6.07 Å². The lowest BCUT2D eigenvalue weighted by atomic mass is 10.2. The maximum atomic E-state index is 14.0. The SMILES string of the molecule is CCNC(=NCc1cc(Cl)c(OCC)c(OC)c1)NC1CCN(c2ncccc2F)C1.I. The van der Waals surface area contributed by atoms with Crippen LogP contribution in [-0.4, -0.2) is 50.3 Å². The van der Waals surface area contributed by atoms with Gasteiger partial charge in [-0.1, -0.05) is 11.6 Å². The quantitative estimate of drug-likeness (QED) is 0.278. The van der Waals surface area contributed by atoms with Gasteiger partial charge in [0.05, 0.1) is 25.3 Å². The van der Waals surface area contributed by atoms with Gasteiger partial charge < -0.3 is 25.0 Å². The summed E-state index contributed by atoms with van der Waals surface area (Å²) in [5.41, 5.74) is 0.908. The van der Waals surface area contributed by atoms with Crippen LogP contribution in [0.2, 0.25) is 5.02 Å². The Bertz CT molecular complexity index is 918. The van der Waals surface area contributed by atoms with Crippen molar-refractivity contribution in [1.82, 2.24) is 15.6 Å². The van der Waals surface area contributed by atoms with Crippen molar-refractivity contribution in [3.8, 4) is 11.5 Å². The number of guanidine groups is 1. The fourth-order valence-corrected chi connectivity index (χ4v) is 3.80. The van der Waals surface area contributed by atoms with Gasteiger partial charge in [-0.25, -0.2) is 14.4 Å². The highest BCUT2D eigenvalue weighted by atomic mass is 127. The molecule has 0 saturated carbocycles. The van der Waals surface area contributed by atoms with Crippen LogP contribution >= 0.6 is 35.6 Å². The molecule has 1 saturated heterocycles. The zero-order valence-electron chi connectivity index (χ0n) is 18.5. The number of hydrogen-bond donors (Lipinski definition) is 2. The number of rotatable bonds is 8. The van der Waals surface area contributed by atoms with Crippen molar-refractivity contribution < 1.29 is 13.9 Å². The molecule has 0 aliphatic carbocycles. The van der Waals surface area contributed by atoms with Crippen molar-refractivity contribution in [2.24, 2.45) is 4.99 Å². The van der Waals surface area contributed by atoms with E-state index in [-0.39, 0.29) is 35.8 Å². The molecule has 10 heteroatoms. The maximum Gasteiger partial charge on any atom is 0.191 e. The molecule has 0 spiro atoms. The molecule has 2 aromatic rings. The molecule has 0 radical (unpaired) electrons. The molecule has 2 N–H and O–H groups in total. The van der Waals surface area contributed by atoms with Crippen molar-refractivity contribution in [2.45, 2.75) is 32.9 Å². The molecule has 32 heavy (non-hydrogen) atoms. The summed E-state index contributed by atoms with van der Waals surface area (Å²) < 4.78 is 25.0. The molecule has 1 aliphatic rings. The molecule has 2 heterocycles. The summed E-state index contributed by atoms with van der Waals surface area (Å²) in [7, 11) is 1.59. The van der Waals surface area contributed by atoms with Crippen LogP contribution in [0.4, 0.5) is 10.2 Å². The maximum absolute atomic E-state index is 14.0. The van der Waals surface area contributed by atoms with E-state index < -0.39 is 0 Å². The van der Waals surface area contributed by atoms with E-state index in [0.717, 1.165) is 25.1 Å². The van der Waals surface area contributed by atoms with Gasteiger partial charge in [0.15, 0.2) is 29.1 Å². The van der Waals surface area contributed by atoms with Gasteiger partial charge in [0, 0.05) is 31.9 Å². The van der Waals surface area contributed by atoms with E-state index in [0.29, 0.717) is 48.0 Å². The standard InChI is InChI=1S/C22H29ClFN5O2.HI/c1-4-25-22(27-13-15-11-17(23)20(31-5-2)19(12-15)30-3)28-16-8-10-29(14-16)21-18(24)7-6-9-26-21;/h6-7,9,11-12,16H,4-5,8,10,13-14H2,1-3H3,(H2,25,27,28);1H. The van der Waals surface area contributed by atoms with Crippen LogP contribution in [0, 0.1) is 5.82 Å². The van der Waals surface area contributed by atoms with Gasteiger partial charge in [0.1, 0.15) is 0 Å². The van der Waals surface area contributed by atoms with Crippen molar-refractivity contribution in [1.29, 1.82) is 0 Å². The second-order valence-corrected chi connectivity index (χ2v) is 7.53. The minimum absolute atomic E-state index is 0. The second kappa shape index (κ2) is 12.9. The van der Waals surface area contributed by atoms with Gasteiger partial charge in [-0.05, 0) is 50.1 Å². The first-order valence-corrected chi connectivity index (χ1v) is 10.8. The van der Waals surface area contributed by atoms with Crippen LogP contribution in [-0.2, 0) is 6.54 Å². The van der Waals surface area contributed by atoms with E-state index in [1.807, 2.05) is 30.9 Å². The molecule has 1 aromatic carbocycles. The highest BCUT2D eigenvalue weighted by Gasteiger charge is 2.26. The number of nitrogens with zero attached hydrogens (tertiary/aromatic N) is 3. The van der Waals surface area contributed by atoms with Crippen molar-refractivity contribution >= 4 is 47.4 Å². The van der Waals surface area contributed by atoms with Gasteiger partial charge >= 0.3 is 0 Å². The highest BCUT2D eigenvalue weighted by Crippen LogP contribution is 2.36. The van der Waals surface area contributed by atoms with Crippen LogP contribution in [0.5, 0.6) is 11.5 Å². The van der Waals surface area contributed by atoms with Gasteiger partial charge in [0.2, 0.25) is 0 Å². The van der Waals surface area contributed by atoms with E-state index in [4.69, 9.17) is 21.1 Å². The summed E-state index contributed by atoms with van der Waals surface area (Å²) >= 11 is 6.37. The number of anilines is 1.